The van der Waals surface area contributed by atoms with Crippen LogP contribution in [0.15, 0.2) is 4.99 Å². The number of likely N-dealkylation sites (N-methyl/N-ethyl adjacent to an activating group) is 1. The smallest absolute Gasteiger partial charge is 0.191 e. The van der Waals surface area contributed by atoms with Crippen LogP contribution in [0.5, 0.6) is 0 Å². The lowest BCUT2D eigenvalue weighted by molar-refractivity contribution is 0.180. The van der Waals surface area contributed by atoms with Crippen molar-refractivity contribution in [2.75, 3.05) is 73.6 Å². The van der Waals surface area contributed by atoms with Crippen molar-refractivity contribution in [3.05, 3.63) is 0 Å². The largest absolute Gasteiger partial charge is 0.385 e. The molecule has 136 valence electrons. The predicted molar refractivity (Wildman–Crippen MR) is 98.2 cm³/mol. The van der Waals surface area contributed by atoms with Crippen LogP contribution in [0.3, 0.4) is 0 Å². The minimum atomic E-state index is 0.830. The highest BCUT2D eigenvalue weighted by Gasteiger charge is 2.14. The molecule has 0 spiro atoms. The summed E-state index contributed by atoms with van der Waals surface area (Å²) in [7, 11) is 5.73. The van der Waals surface area contributed by atoms with Gasteiger partial charge in [0.2, 0.25) is 0 Å². The summed E-state index contributed by atoms with van der Waals surface area (Å²) in [6, 6.07) is 0. The van der Waals surface area contributed by atoms with E-state index in [4.69, 9.17) is 4.74 Å². The first-order valence-electron chi connectivity index (χ1n) is 9.00. The number of nitrogens with one attached hydrogen (secondary N) is 2. The lowest BCUT2D eigenvalue weighted by atomic mass is 9.99. The van der Waals surface area contributed by atoms with Gasteiger partial charge in [-0.05, 0) is 45.3 Å². The van der Waals surface area contributed by atoms with Crippen molar-refractivity contribution in [3.63, 3.8) is 0 Å². The molecule has 1 aliphatic heterocycles. The molecular weight excluding hydrogens is 290 g/mol. The fourth-order valence-corrected chi connectivity index (χ4v) is 2.79. The molecule has 1 rings (SSSR count). The molecule has 2 N–H and O–H groups in total. The summed E-state index contributed by atoms with van der Waals surface area (Å²) < 4.78 is 5.08. The summed E-state index contributed by atoms with van der Waals surface area (Å²) in [6.45, 7) is 10.7. The van der Waals surface area contributed by atoms with Gasteiger partial charge in [-0.3, -0.25) is 4.99 Å². The Labute approximate surface area is 142 Å². The van der Waals surface area contributed by atoms with Gasteiger partial charge < -0.3 is 25.2 Å². The third kappa shape index (κ3) is 9.79. The van der Waals surface area contributed by atoms with Gasteiger partial charge in [-0.15, -0.1) is 0 Å². The zero-order chi connectivity index (χ0) is 16.9. The fraction of sp³-hybridized carbons (Fsp3) is 0.941. The van der Waals surface area contributed by atoms with Gasteiger partial charge >= 0.3 is 0 Å². The highest BCUT2D eigenvalue weighted by Crippen LogP contribution is 2.14. The zero-order valence-electron chi connectivity index (χ0n) is 15.6. The standard InChI is InChI=1S/C17H37N5O/c1-16-6-11-22(12-7-16)14-9-20-17(18-2)19-8-13-21(3)10-5-15-23-4/h16H,5-15H2,1-4H3,(H2,18,19,20). The predicted octanol–water partition coefficient (Wildman–Crippen LogP) is 0.852. The van der Waals surface area contributed by atoms with E-state index >= 15 is 0 Å². The minimum absolute atomic E-state index is 0.830. The normalized spacial score (nSPS) is 17.7. The summed E-state index contributed by atoms with van der Waals surface area (Å²) in [4.78, 5) is 9.15. The number of piperidine rings is 1. The van der Waals surface area contributed by atoms with Crippen molar-refractivity contribution in [2.45, 2.75) is 26.2 Å². The first kappa shape index (κ1) is 20.2. The first-order chi connectivity index (χ1) is 11.2. The van der Waals surface area contributed by atoms with E-state index in [-0.39, 0.29) is 0 Å². The van der Waals surface area contributed by atoms with E-state index in [9.17, 15) is 0 Å². The average molecular weight is 328 g/mol. The molecule has 1 fully saturated rings. The van der Waals surface area contributed by atoms with Gasteiger partial charge in [0.25, 0.3) is 0 Å². The Hall–Kier alpha value is -0.850. The first-order valence-corrected chi connectivity index (χ1v) is 9.00. The molecule has 0 amide bonds. The molecular formula is C17H37N5O. The Morgan fingerprint density at radius 2 is 1.91 bits per heavy atom. The maximum Gasteiger partial charge on any atom is 0.191 e. The van der Waals surface area contributed by atoms with Crippen molar-refractivity contribution < 1.29 is 4.74 Å². The summed E-state index contributed by atoms with van der Waals surface area (Å²) in [5, 5.41) is 6.80. The van der Waals surface area contributed by atoms with Crippen LogP contribution in [0.25, 0.3) is 0 Å². The number of hydrogen-bond donors (Lipinski definition) is 2. The van der Waals surface area contributed by atoms with Gasteiger partial charge in [0.05, 0.1) is 0 Å². The summed E-state index contributed by atoms with van der Waals surface area (Å²) in [6.07, 6.45) is 3.75. The molecule has 0 aromatic carbocycles. The highest BCUT2D eigenvalue weighted by molar-refractivity contribution is 5.79. The number of nitrogens with zero attached hydrogens (tertiary/aromatic N) is 3. The van der Waals surface area contributed by atoms with Crippen molar-refractivity contribution in [3.8, 4) is 0 Å². The summed E-state index contributed by atoms with van der Waals surface area (Å²) in [5.74, 6) is 1.80. The minimum Gasteiger partial charge on any atom is -0.385 e. The number of ether oxygens (including phenoxy) is 1. The van der Waals surface area contributed by atoms with Crippen molar-refractivity contribution in [1.29, 1.82) is 0 Å². The van der Waals surface area contributed by atoms with Crippen LogP contribution >= 0.6 is 0 Å². The quantitative estimate of drug-likeness (QED) is 0.354. The van der Waals surface area contributed by atoms with Gasteiger partial charge in [-0.2, -0.15) is 0 Å². The molecule has 23 heavy (non-hydrogen) atoms. The molecule has 0 bridgehead atoms. The maximum absolute atomic E-state index is 5.08. The number of aliphatic imine (C=N–C) groups is 1. The molecule has 0 aromatic rings. The van der Waals surface area contributed by atoms with E-state index in [0.717, 1.165) is 57.6 Å². The van der Waals surface area contributed by atoms with Gasteiger partial charge in [0.15, 0.2) is 5.96 Å². The van der Waals surface area contributed by atoms with Crippen LogP contribution in [0.2, 0.25) is 0 Å². The van der Waals surface area contributed by atoms with Gasteiger partial charge in [-0.1, -0.05) is 6.92 Å². The van der Waals surface area contributed by atoms with Crippen LogP contribution in [0.4, 0.5) is 0 Å². The van der Waals surface area contributed by atoms with Crippen LogP contribution < -0.4 is 10.6 Å². The summed E-state index contributed by atoms with van der Waals surface area (Å²) in [5.41, 5.74) is 0. The highest BCUT2D eigenvalue weighted by atomic mass is 16.5. The Morgan fingerprint density at radius 3 is 2.57 bits per heavy atom. The zero-order valence-corrected chi connectivity index (χ0v) is 15.6. The van der Waals surface area contributed by atoms with Gasteiger partial charge in [-0.25, -0.2) is 0 Å². The van der Waals surface area contributed by atoms with Crippen molar-refractivity contribution in [2.24, 2.45) is 10.9 Å². The van der Waals surface area contributed by atoms with Gasteiger partial charge in [0, 0.05) is 53.5 Å². The molecule has 1 saturated heterocycles. The van der Waals surface area contributed by atoms with E-state index in [1.165, 1.54) is 25.9 Å². The van der Waals surface area contributed by atoms with Crippen LogP contribution in [0, 0.1) is 5.92 Å². The molecule has 0 saturated carbocycles. The fourth-order valence-electron chi connectivity index (χ4n) is 2.79. The average Bonchev–Trinajstić information content (AvgIpc) is 2.55. The van der Waals surface area contributed by atoms with Crippen LogP contribution in [-0.2, 0) is 4.74 Å². The monoisotopic (exact) mass is 327 g/mol. The lowest BCUT2D eigenvalue weighted by Crippen LogP contribution is -2.44. The molecule has 1 aliphatic rings. The second-order valence-corrected chi connectivity index (χ2v) is 6.60. The van der Waals surface area contributed by atoms with E-state index in [1.54, 1.807) is 7.11 Å². The summed E-state index contributed by atoms with van der Waals surface area (Å²) >= 11 is 0. The van der Waals surface area contributed by atoms with E-state index in [2.05, 4.69) is 39.4 Å². The van der Waals surface area contributed by atoms with E-state index in [1.807, 2.05) is 7.05 Å². The number of rotatable bonds is 10. The van der Waals surface area contributed by atoms with E-state index < -0.39 is 0 Å². The topological polar surface area (TPSA) is 52.1 Å². The van der Waals surface area contributed by atoms with Crippen molar-refractivity contribution >= 4 is 5.96 Å². The van der Waals surface area contributed by atoms with Crippen LogP contribution in [0.1, 0.15) is 26.2 Å². The number of hydrogen-bond acceptors (Lipinski definition) is 4. The van der Waals surface area contributed by atoms with Gasteiger partial charge in [0.1, 0.15) is 0 Å². The maximum atomic E-state index is 5.08. The number of methoxy groups -OCH3 is 1. The molecule has 0 aromatic heterocycles. The van der Waals surface area contributed by atoms with Crippen molar-refractivity contribution in [1.82, 2.24) is 20.4 Å². The molecule has 6 nitrogen and oxygen atoms in total. The number of guanidine groups is 1. The Bertz CT molecular complexity index is 316. The Morgan fingerprint density at radius 1 is 1.22 bits per heavy atom. The molecule has 0 aliphatic carbocycles. The number of likely N-dealkylation sites (tertiary alicyclic amines) is 1. The molecule has 0 atom stereocenters. The lowest BCUT2D eigenvalue weighted by Gasteiger charge is -2.30. The third-order valence-corrected chi connectivity index (χ3v) is 4.49. The van der Waals surface area contributed by atoms with E-state index in [0.29, 0.717) is 0 Å². The molecule has 6 heteroatoms. The second-order valence-electron chi connectivity index (χ2n) is 6.60. The molecule has 0 unspecified atom stereocenters. The van der Waals surface area contributed by atoms with Crippen LogP contribution in [-0.4, -0.2) is 89.4 Å². The SMILES string of the molecule is CN=C(NCCN(C)CCCOC)NCCN1CCC(C)CC1. The second kappa shape index (κ2) is 12.6. The Kier molecular flexibility index (Phi) is 11.0. The third-order valence-electron chi connectivity index (χ3n) is 4.49. The Balaban J connectivity index is 2.05. The molecule has 0 radical (unpaired) electrons. The molecule has 1 heterocycles.